The maximum absolute atomic E-state index is 13.3. The predicted molar refractivity (Wildman–Crippen MR) is 181 cm³/mol. The van der Waals surface area contributed by atoms with Gasteiger partial charge in [-0.25, -0.2) is 4.98 Å². The number of anilines is 4. The van der Waals surface area contributed by atoms with E-state index in [1.54, 1.807) is 13.2 Å². The summed E-state index contributed by atoms with van der Waals surface area (Å²) in [6.45, 7) is 4.75. The Labute approximate surface area is 279 Å². The van der Waals surface area contributed by atoms with E-state index < -0.39 is 0 Å². The van der Waals surface area contributed by atoms with Crippen molar-refractivity contribution in [2.45, 2.75) is 63.7 Å². The van der Waals surface area contributed by atoms with E-state index in [2.05, 4.69) is 65.7 Å². The first-order chi connectivity index (χ1) is 23.4. The van der Waals surface area contributed by atoms with Gasteiger partial charge in [-0.1, -0.05) is 25.1 Å². The summed E-state index contributed by atoms with van der Waals surface area (Å²) in [6.07, 6.45) is 6.56. The van der Waals surface area contributed by atoms with Crippen LogP contribution in [0.1, 0.15) is 73.0 Å². The van der Waals surface area contributed by atoms with Crippen LogP contribution in [0.4, 0.5) is 22.9 Å². The number of likely N-dealkylation sites (tertiary alicyclic amines) is 1. The summed E-state index contributed by atoms with van der Waals surface area (Å²) in [5.74, 6) is 0.625. The van der Waals surface area contributed by atoms with Gasteiger partial charge in [0.1, 0.15) is 0 Å². The van der Waals surface area contributed by atoms with E-state index in [4.69, 9.17) is 9.84 Å². The van der Waals surface area contributed by atoms with Crippen LogP contribution in [0.2, 0.25) is 0 Å². The van der Waals surface area contributed by atoms with Gasteiger partial charge >= 0.3 is 0 Å². The van der Waals surface area contributed by atoms with Gasteiger partial charge in [0.2, 0.25) is 11.8 Å². The molecule has 5 heterocycles. The number of pyridine rings is 1. The van der Waals surface area contributed by atoms with Crippen LogP contribution in [0.5, 0.6) is 5.88 Å². The molecule has 4 aromatic rings. The largest absolute Gasteiger partial charge is 0.481 e. The average Bonchev–Trinajstić information content (AvgIpc) is 4.02. The van der Waals surface area contributed by atoms with Crippen LogP contribution in [-0.2, 0) is 11.3 Å². The predicted octanol–water partition coefficient (Wildman–Crippen LogP) is 4.69. The van der Waals surface area contributed by atoms with Crippen molar-refractivity contribution in [1.82, 2.24) is 35.2 Å². The Morgan fingerprint density at radius 2 is 1.81 bits per heavy atom. The standard InChI is InChI=1S/C35H40N10O3/c1-4-28-33-25(16-36-45(33)23-18-44(19-23)17-22-7-5-10-30(37-22)48-3)24-8-6-9-26(32(24)43(28)2)39-27-15-29(40-34(46)20-11-12-20)41-42-31(27)35(47)38-21-13-14-21/h5-10,15-16,20-21,23,28H,4,11-14,17-19H2,1-3H3,(H,38,47)(H2,39,40,41,46). The van der Waals surface area contributed by atoms with E-state index in [1.165, 1.54) is 5.69 Å². The third-order valence-electron chi connectivity index (χ3n) is 9.73. The van der Waals surface area contributed by atoms with Crippen molar-refractivity contribution in [1.29, 1.82) is 0 Å². The maximum atomic E-state index is 13.3. The normalized spacial score (nSPS) is 18.8. The molecule has 0 radical (unpaired) electrons. The molecule has 248 valence electrons. The molecule has 3 aromatic heterocycles. The van der Waals surface area contributed by atoms with Gasteiger partial charge in [0, 0.05) is 61.9 Å². The fraction of sp³-hybridized carbons (Fsp3) is 0.429. The van der Waals surface area contributed by atoms with Gasteiger partial charge in [0.05, 0.1) is 53.8 Å². The number of hydrogen-bond donors (Lipinski definition) is 3. The number of rotatable bonds is 11. The Kier molecular flexibility index (Phi) is 7.70. The van der Waals surface area contributed by atoms with Crippen LogP contribution in [0.25, 0.3) is 11.1 Å². The fourth-order valence-corrected chi connectivity index (χ4v) is 6.88. The number of methoxy groups -OCH3 is 1. The molecule has 2 amide bonds. The minimum Gasteiger partial charge on any atom is -0.481 e. The number of carbonyl (C=O) groups excluding carboxylic acids is 2. The molecular weight excluding hydrogens is 608 g/mol. The second-order valence-electron chi connectivity index (χ2n) is 13.3. The molecule has 13 heteroatoms. The lowest BCUT2D eigenvalue weighted by atomic mass is 9.91. The summed E-state index contributed by atoms with van der Waals surface area (Å²) in [7, 11) is 3.76. The highest BCUT2D eigenvalue weighted by molar-refractivity contribution is 6.01. The Hall–Kier alpha value is -5.04. The molecule has 3 fully saturated rings. The van der Waals surface area contributed by atoms with E-state index >= 15 is 0 Å². The number of hydrogen-bond acceptors (Lipinski definition) is 10. The van der Waals surface area contributed by atoms with E-state index in [9.17, 15) is 9.59 Å². The quantitative estimate of drug-likeness (QED) is 0.210. The molecule has 1 atom stereocenters. The average molecular weight is 649 g/mol. The molecule has 1 aromatic carbocycles. The lowest BCUT2D eigenvalue weighted by molar-refractivity contribution is -0.117. The Balaban J connectivity index is 1.08. The van der Waals surface area contributed by atoms with Crippen molar-refractivity contribution in [2.24, 2.45) is 5.92 Å². The highest BCUT2D eigenvalue weighted by Crippen LogP contribution is 2.50. The number of nitrogens with one attached hydrogen (secondary N) is 3. The minimum atomic E-state index is -0.280. The Bertz CT molecular complexity index is 1880. The smallest absolute Gasteiger partial charge is 0.274 e. The van der Waals surface area contributed by atoms with Crippen LogP contribution in [0, 0.1) is 5.92 Å². The molecule has 1 saturated heterocycles. The maximum Gasteiger partial charge on any atom is 0.274 e. The third kappa shape index (κ3) is 5.72. The molecule has 0 bridgehead atoms. The van der Waals surface area contributed by atoms with Gasteiger partial charge in [-0.2, -0.15) is 5.10 Å². The van der Waals surface area contributed by atoms with E-state index in [0.29, 0.717) is 17.4 Å². The van der Waals surface area contributed by atoms with Gasteiger partial charge in [-0.3, -0.25) is 19.2 Å². The van der Waals surface area contributed by atoms with Crippen LogP contribution in [0.15, 0.2) is 48.7 Å². The number of nitrogens with zero attached hydrogens (tertiary/aromatic N) is 7. The van der Waals surface area contributed by atoms with E-state index in [0.717, 1.165) is 79.9 Å². The van der Waals surface area contributed by atoms with Gasteiger partial charge in [0.25, 0.3) is 5.91 Å². The van der Waals surface area contributed by atoms with Crippen molar-refractivity contribution < 1.29 is 14.3 Å². The number of para-hydroxylation sites is 1. The highest BCUT2D eigenvalue weighted by atomic mass is 16.5. The van der Waals surface area contributed by atoms with E-state index in [1.807, 2.05) is 36.5 Å². The monoisotopic (exact) mass is 648 g/mol. The van der Waals surface area contributed by atoms with Crippen molar-refractivity contribution >= 4 is 34.7 Å². The highest BCUT2D eigenvalue weighted by Gasteiger charge is 2.38. The number of fused-ring (bicyclic) bond motifs is 3. The van der Waals surface area contributed by atoms with Crippen LogP contribution in [-0.4, -0.2) is 75.0 Å². The zero-order valence-corrected chi connectivity index (χ0v) is 27.4. The molecule has 2 saturated carbocycles. The molecule has 3 N–H and O–H groups in total. The van der Waals surface area contributed by atoms with Crippen molar-refractivity contribution in [3.63, 3.8) is 0 Å². The molecular formula is C35H40N10O3. The summed E-state index contributed by atoms with van der Waals surface area (Å²) in [6, 6.07) is 14.3. The Morgan fingerprint density at radius 1 is 1.00 bits per heavy atom. The molecule has 13 nitrogen and oxygen atoms in total. The molecule has 48 heavy (non-hydrogen) atoms. The van der Waals surface area contributed by atoms with Crippen molar-refractivity contribution in [2.75, 3.05) is 42.8 Å². The summed E-state index contributed by atoms with van der Waals surface area (Å²) in [5.41, 5.74) is 6.93. The van der Waals surface area contributed by atoms with Crippen molar-refractivity contribution in [3.05, 3.63) is 65.7 Å². The third-order valence-corrected chi connectivity index (χ3v) is 9.73. The van der Waals surface area contributed by atoms with Crippen LogP contribution in [0.3, 0.4) is 0 Å². The van der Waals surface area contributed by atoms with Crippen molar-refractivity contribution in [3.8, 4) is 17.0 Å². The summed E-state index contributed by atoms with van der Waals surface area (Å²) >= 11 is 0. The SMILES string of the molecule is CCC1c2c(cnn2C2CN(Cc3cccc(OC)n3)C2)-c2cccc(Nc3cc(NC(=O)C4CC4)nnc3C(=O)NC3CC3)c2N1C. The number of benzene rings is 1. The van der Waals surface area contributed by atoms with Crippen LogP contribution < -0.4 is 25.6 Å². The minimum absolute atomic E-state index is 0.0184. The topological polar surface area (TPSA) is 142 Å². The lowest BCUT2D eigenvalue weighted by Crippen LogP contribution is -2.48. The first-order valence-electron chi connectivity index (χ1n) is 16.8. The summed E-state index contributed by atoms with van der Waals surface area (Å²) in [4.78, 5) is 35.1. The number of ether oxygens (including phenoxy) is 1. The second-order valence-corrected chi connectivity index (χ2v) is 13.3. The zero-order chi connectivity index (χ0) is 32.9. The van der Waals surface area contributed by atoms with E-state index in [-0.39, 0.29) is 41.6 Å². The second kappa shape index (κ2) is 12.2. The Morgan fingerprint density at radius 3 is 2.56 bits per heavy atom. The number of amides is 2. The zero-order valence-electron chi connectivity index (χ0n) is 27.4. The summed E-state index contributed by atoms with van der Waals surface area (Å²) in [5, 5.41) is 22.9. The first-order valence-corrected chi connectivity index (χ1v) is 16.8. The number of carbonyl (C=O) groups is 2. The summed E-state index contributed by atoms with van der Waals surface area (Å²) < 4.78 is 7.53. The molecule has 2 aliphatic heterocycles. The molecule has 0 spiro atoms. The molecule has 1 unspecified atom stereocenters. The van der Waals surface area contributed by atoms with Gasteiger partial charge in [-0.15, -0.1) is 10.2 Å². The molecule has 8 rings (SSSR count). The molecule has 2 aliphatic carbocycles. The molecule has 4 aliphatic rings. The van der Waals surface area contributed by atoms with Gasteiger partial charge in [-0.05, 0) is 44.2 Å². The van der Waals surface area contributed by atoms with Crippen LogP contribution >= 0.6 is 0 Å². The lowest BCUT2D eigenvalue weighted by Gasteiger charge is -2.43. The first kappa shape index (κ1) is 30.3. The van der Waals surface area contributed by atoms with Gasteiger partial charge < -0.3 is 25.6 Å². The number of aromatic nitrogens is 5. The van der Waals surface area contributed by atoms with Gasteiger partial charge in [0.15, 0.2) is 11.5 Å². The fourth-order valence-electron chi connectivity index (χ4n) is 6.88.